The third-order valence-corrected chi connectivity index (χ3v) is 13.1. The Morgan fingerprint density at radius 2 is 1.64 bits per heavy atom. The van der Waals surface area contributed by atoms with Crippen LogP contribution in [-0.4, -0.2) is 106 Å². The number of carbonyl (C=O) groups is 3. The first-order valence-corrected chi connectivity index (χ1v) is 22.7. The highest BCUT2D eigenvalue weighted by molar-refractivity contribution is 7.13. The zero-order valence-electron chi connectivity index (χ0n) is 37.6. The van der Waals surface area contributed by atoms with Crippen molar-refractivity contribution in [3.8, 4) is 10.4 Å². The molecule has 0 aliphatic carbocycles. The number of nitrogens with zero attached hydrogens (tertiary/aromatic N) is 7. The maximum Gasteiger partial charge on any atom is 0.327 e. The molecule has 2 aromatic heterocycles. The van der Waals surface area contributed by atoms with Gasteiger partial charge in [0.1, 0.15) is 23.7 Å². The molecule has 2 aliphatic rings. The second-order valence-corrected chi connectivity index (χ2v) is 18.7. The lowest BCUT2D eigenvalue weighted by Gasteiger charge is -2.37. The molecular weight excluding hydrogens is 825 g/mol. The van der Waals surface area contributed by atoms with E-state index in [1.165, 1.54) is 11.2 Å². The second-order valence-electron chi connectivity index (χ2n) is 17.9. The number of amides is 3. The van der Waals surface area contributed by atoms with E-state index in [9.17, 15) is 19.5 Å². The first-order valence-electron chi connectivity index (χ1n) is 21.8. The number of β-amino-alcohol motifs (C(OH)–C–C–N with tert-alkyl or cyclic N) is 1. The lowest BCUT2D eigenvalue weighted by Crippen LogP contribution is -2.49. The van der Waals surface area contributed by atoms with Gasteiger partial charge >= 0.3 is 6.03 Å². The molecule has 0 saturated carbocycles. The molecule has 0 unspecified atom stereocenters. The number of carbonyl (C=O) groups excluding carboxylic acids is 3. The van der Waals surface area contributed by atoms with Crippen LogP contribution in [0.1, 0.15) is 57.8 Å². The van der Waals surface area contributed by atoms with Crippen molar-refractivity contribution in [1.82, 2.24) is 30.1 Å². The molecule has 2 aliphatic heterocycles. The average molecular weight is 885 g/mol. The Bertz CT molecular complexity index is 2390. The fraction of sp³-hybridized carbons (Fsp3) is 0.388. The summed E-state index contributed by atoms with van der Waals surface area (Å²) < 4.78 is 0. The number of nitrogens with one attached hydrogen (secondary N) is 3. The molecule has 2 fully saturated rings. The van der Waals surface area contributed by atoms with E-state index in [1.54, 1.807) is 29.4 Å². The van der Waals surface area contributed by atoms with Crippen LogP contribution in [0.2, 0.25) is 0 Å². The molecule has 7 rings (SSSR count). The number of aliphatic hydroxyl groups is 1. The highest BCUT2D eigenvalue weighted by Crippen LogP contribution is 2.35. The highest BCUT2D eigenvalue weighted by Gasteiger charge is 2.43. The van der Waals surface area contributed by atoms with E-state index < -0.39 is 23.5 Å². The van der Waals surface area contributed by atoms with E-state index in [4.69, 9.17) is 0 Å². The fourth-order valence-corrected chi connectivity index (χ4v) is 9.16. The summed E-state index contributed by atoms with van der Waals surface area (Å²) in [7, 11) is 1.65. The number of ketones is 1. The van der Waals surface area contributed by atoms with Crippen LogP contribution < -0.4 is 25.8 Å². The molecule has 0 spiro atoms. The van der Waals surface area contributed by atoms with Crippen molar-refractivity contribution >= 4 is 57.8 Å². The molecule has 0 bridgehead atoms. The van der Waals surface area contributed by atoms with Crippen LogP contribution in [0.15, 0.2) is 109 Å². The minimum absolute atomic E-state index is 0.0342. The summed E-state index contributed by atoms with van der Waals surface area (Å²) in [5, 5.41) is 20.5. The van der Waals surface area contributed by atoms with Gasteiger partial charge in [-0.1, -0.05) is 69.8 Å². The van der Waals surface area contributed by atoms with Crippen molar-refractivity contribution < 1.29 is 19.5 Å². The predicted octanol–water partition coefficient (Wildman–Crippen LogP) is 7.89. The fourth-order valence-electron chi connectivity index (χ4n) is 8.35. The van der Waals surface area contributed by atoms with Gasteiger partial charge in [-0.05, 0) is 66.8 Å². The highest BCUT2D eigenvalue weighted by atomic mass is 32.1. The zero-order chi connectivity index (χ0) is 45.5. The van der Waals surface area contributed by atoms with Crippen LogP contribution >= 0.6 is 11.3 Å². The number of Topliss-reactive ketones (excluding diaryl/α,β-unsaturated/α-hetero) is 1. The number of aromatic nitrogens is 3. The van der Waals surface area contributed by atoms with Gasteiger partial charge in [0.05, 0.1) is 34.8 Å². The number of likely N-dealkylation sites (tertiary alicyclic amines) is 1. The Kier molecular flexibility index (Phi) is 14.4. The number of benzene rings is 3. The van der Waals surface area contributed by atoms with E-state index in [0.717, 1.165) is 46.2 Å². The van der Waals surface area contributed by atoms with E-state index >= 15 is 0 Å². The summed E-state index contributed by atoms with van der Waals surface area (Å²) in [6.07, 6.45) is 1.26. The maximum absolute atomic E-state index is 14.4. The molecule has 2 saturated heterocycles. The van der Waals surface area contributed by atoms with Gasteiger partial charge in [-0.15, -0.1) is 11.3 Å². The molecule has 4 heterocycles. The Labute approximate surface area is 380 Å². The molecule has 64 heavy (non-hydrogen) atoms. The number of hydrogen-bond acceptors (Lipinski definition) is 12. The predicted molar refractivity (Wildman–Crippen MR) is 256 cm³/mol. The summed E-state index contributed by atoms with van der Waals surface area (Å²) >= 11 is 1.63. The Morgan fingerprint density at radius 3 is 2.30 bits per heavy atom. The van der Waals surface area contributed by atoms with Gasteiger partial charge in [-0.3, -0.25) is 19.4 Å². The van der Waals surface area contributed by atoms with E-state index in [0.29, 0.717) is 42.5 Å². The van der Waals surface area contributed by atoms with Gasteiger partial charge in [0, 0.05) is 93.4 Å². The van der Waals surface area contributed by atoms with Crippen LogP contribution in [0.25, 0.3) is 10.4 Å². The number of piperazine rings is 1. The molecule has 336 valence electrons. The number of thiazole rings is 1. The van der Waals surface area contributed by atoms with Gasteiger partial charge in [-0.2, -0.15) is 0 Å². The number of urea groups is 1. The van der Waals surface area contributed by atoms with Gasteiger partial charge in [-0.25, -0.2) is 19.7 Å². The van der Waals surface area contributed by atoms with Crippen LogP contribution in [0, 0.1) is 18.3 Å². The van der Waals surface area contributed by atoms with Gasteiger partial charge in [0.2, 0.25) is 5.91 Å². The van der Waals surface area contributed by atoms with Crippen molar-refractivity contribution in [3.63, 3.8) is 0 Å². The van der Waals surface area contributed by atoms with Crippen molar-refractivity contribution in [2.75, 3.05) is 66.7 Å². The second kappa shape index (κ2) is 20.1. The average Bonchev–Trinajstić information content (AvgIpc) is 3.90. The normalized spacial score (nSPS) is 17.7. The standard InChI is InChI=1S/C49H60N10O4S/c1-32(35-13-15-36(16-14-35)46-34(3)52-31-64-46)53-33(2)43-26-41(61)29-59(43)47(62)42(49(4,5)6)25-40(60)28-57-21-23-58(24-22-57)39-19-17-38(18-20-39)54-44-27-45(51-30-50-44)56(7)48(63)55-37-11-9-8-10-12-37/h8-20,27,30-32,41-43,53,61H,2,21-26,28-29H2,1,3-7H3,(H,55,63)(H,50,51,54)/t32-,41+,42+,43-/m0/s1. The number of rotatable bonds is 15. The monoisotopic (exact) mass is 884 g/mol. The largest absolute Gasteiger partial charge is 0.391 e. The Morgan fingerprint density at radius 1 is 0.938 bits per heavy atom. The van der Waals surface area contributed by atoms with Crippen molar-refractivity contribution in [2.45, 2.75) is 65.6 Å². The minimum Gasteiger partial charge on any atom is -0.391 e. The lowest BCUT2D eigenvalue weighted by molar-refractivity contribution is -0.142. The topological polar surface area (TPSA) is 159 Å². The zero-order valence-corrected chi connectivity index (χ0v) is 38.4. The van der Waals surface area contributed by atoms with Crippen LogP contribution in [0.5, 0.6) is 0 Å². The molecule has 15 heteroatoms. The van der Waals surface area contributed by atoms with E-state index in [-0.39, 0.29) is 43.3 Å². The Balaban J connectivity index is 0.890. The third kappa shape index (κ3) is 11.3. The molecule has 4 N–H and O–H groups in total. The number of anilines is 5. The molecule has 0 radical (unpaired) electrons. The lowest BCUT2D eigenvalue weighted by atomic mass is 9.76. The number of hydrogen-bond donors (Lipinski definition) is 4. The molecule has 14 nitrogen and oxygen atoms in total. The molecule has 4 atom stereocenters. The summed E-state index contributed by atoms with van der Waals surface area (Å²) in [5.74, 6) is 0.358. The summed E-state index contributed by atoms with van der Waals surface area (Å²) in [5.41, 5.74) is 7.89. The first-order chi connectivity index (χ1) is 30.6. The number of aliphatic hydroxyl groups excluding tert-OH is 1. The van der Waals surface area contributed by atoms with Crippen molar-refractivity contribution in [1.29, 1.82) is 0 Å². The smallest absolute Gasteiger partial charge is 0.327 e. The molecule has 3 aromatic carbocycles. The molecular formula is C49H60N10O4S. The summed E-state index contributed by atoms with van der Waals surface area (Å²) in [6.45, 7) is 17.9. The van der Waals surface area contributed by atoms with Gasteiger partial charge in [0.25, 0.3) is 0 Å². The van der Waals surface area contributed by atoms with Gasteiger partial charge in [0.15, 0.2) is 0 Å². The summed E-state index contributed by atoms with van der Waals surface area (Å²) in [6, 6.07) is 26.7. The number of aryl methyl sites for hydroxylation is 1. The molecule has 3 amide bonds. The molecule has 5 aromatic rings. The third-order valence-electron chi connectivity index (χ3n) is 12.2. The maximum atomic E-state index is 14.4. The quantitative estimate of drug-likeness (QED) is 0.0810. The Hall–Kier alpha value is -6.16. The van der Waals surface area contributed by atoms with Gasteiger partial charge < -0.3 is 30.9 Å². The van der Waals surface area contributed by atoms with Crippen LogP contribution in [0.4, 0.5) is 33.5 Å². The summed E-state index contributed by atoms with van der Waals surface area (Å²) in [4.78, 5) is 62.7. The van der Waals surface area contributed by atoms with Crippen LogP contribution in [0.3, 0.4) is 0 Å². The van der Waals surface area contributed by atoms with Crippen molar-refractivity contribution in [3.05, 3.63) is 120 Å². The first kappa shape index (κ1) is 45.9. The minimum atomic E-state index is -0.676. The van der Waals surface area contributed by atoms with Crippen LogP contribution in [-0.2, 0) is 9.59 Å². The van der Waals surface area contributed by atoms with E-state index in [2.05, 4.69) is 90.6 Å². The van der Waals surface area contributed by atoms with Crippen molar-refractivity contribution in [2.24, 2.45) is 11.3 Å². The SMILES string of the molecule is C=C(N[C@@H](C)c1ccc(-c2scnc2C)cc1)[C@@H]1C[C@@H](O)CN1C(=O)[C@@H](CC(=O)CN1CCN(c2ccc(Nc3cc(N(C)C(=O)Nc4ccccc4)ncn3)cc2)CC1)C(C)(C)C. The number of para-hydroxylation sites is 1. The van der Waals surface area contributed by atoms with E-state index in [1.807, 2.05) is 75.7 Å².